The van der Waals surface area contributed by atoms with Crippen LogP contribution in [0.1, 0.15) is 35.8 Å². The van der Waals surface area contributed by atoms with E-state index < -0.39 is 0 Å². The number of nitrogens with two attached hydrogens (primary N) is 1. The Balaban J connectivity index is 1.61. The molecule has 2 N–H and O–H groups in total. The molecule has 4 rings (SSSR count). The molecule has 2 heterocycles. The number of hydrogen-bond donors (Lipinski definition) is 1. The summed E-state index contributed by atoms with van der Waals surface area (Å²) in [4.78, 5) is 15.1. The van der Waals surface area contributed by atoms with Gasteiger partial charge in [0.05, 0.1) is 12.7 Å². The maximum absolute atomic E-state index is 13.1. The third kappa shape index (κ3) is 3.32. The molecule has 0 radical (unpaired) electrons. The molecule has 1 saturated heterocycles. The molecule has 1 atom stereocenters. The lowest BCUT2D eigenvalue weighted by molar-refractivity contribution is 0.0618. The molecule has 1 unspecified atom stereocenters. The molecular weight excluding hydrogens is 338 g/mol. The molecule has 3 aromatic rings. The van der Waals surface area contributed by atoms with Crippen molar-refractivity contribution in [2.45, 2.75) is 38.3 Å². The highest BCUT2D eigenvalue weighted by Crippen LogP contribution is 2.35. The van der Waals surface area contributed by atoms with Gasteiger partial charge in [-0.15, -0.1) is 5.10 Å². The number of nitrogens with zero attached hydrogens (tertiary/aromatic N) is 4. The first kappa shape index (κ1) is 17.7. The normalized spacial score (nSPS) is 19.7. The van der Waals surface area contributed by atoms with Gasteiger partial charge in [-0.25, -0.2) is 0 Å². The number of carbonyl (C=O) groups excluding carboxylic acids is 1. The van der Waals surface area contributed by atoms with Gasteiger partial charge in [0.15, 0.2) is 5.69 Å². The molecule has 6 heteroatoms. The molecule has 1 aromatic heterocycles. The zero-order chi connectivity index (χ0) is 18.9. The highest BCUT2D eigenvalue weighted by molar-refractivity contribution is 5.93. The van der Waals surface area contributed by atoms with Crippen LogP contribution >= 0.6 is 0 Å². The fraction of sp³-hybridized carbons (Fsp3) is 0.381. The lowest BCUT2D eigenvalue weighted by Crippen LogP contribution is -2.46. The van der Waals surface area contributed by atoms with Crippen molar-refractivity contribution in [3.05, 3.63) is 59.9 Å². The highest BCUT2D eigenvalue weighted by Gasteiger charge is 2.40. The molecule has 140 valence electrons. The fourth-order valence-corrected chi connectivity index (χ4v) is 4.19. The van der Waals surface area contributed by atoms with Crippen LogP contribution in [0.15, 0.2) is 48.7 Å². The largest absolute Gasteiger partial charge is 0.331 e. The second-order valence-corrected chi connectivity index (χ2v) is 7.53. The molecule has 1 aliphatic heterocycles. The van der Waals surface area contributed by atoms with Gasteiger partial charge in [0.25, 0.3) is 5.91 Å². The third-order valence-corrected chi connectivity index (χ3v) is 5.56. The topological polar surface area (TPSA) is 77.0 Å². The van der Waals surface area contributed by atoms with Gasteiger partial charge < -0.3 is 10.6 Å². The minimum Gasteiger partial charge on any atom is -0.331 e. The Morgan fingerprint density at radius 1 is 1.22 bits per heavy atom. The molecule has 0 saturated carbocycles. The first-order chi connectivity index (χ1) is 13.1. The van der Waals surface area contributed by atoms with Crippen LogP contribution in [0.4, 0.5) is 0 Å². The minimum absolute atomic E-state index is 0.0430. The average Bonchev–Trinajstić information content (AvgIpc) is 3.29. The Morgan fingerprint density at radius 2 is 2.04 bits per heavy atom. The molecule has 1 amide bonds. The molecule has 2 aromatic carbocycles. The van der Waals surface area contributed by atoms with Crippen molar-refractivity contribution in [1.29, 1.82) is 0 Å². The van der Waals surface area contributed by atoms with Crippen molar-refractivity contribution in [3.8, 4) is 0 Å². The first-order valence-electron chi connectivity index (χ1n) is 9.49. The second kappa shape index (κ2) is 7.12. The Bertz CT molecular complexity index is 961. The van der Waals surface area contributed by atoms with Gasteiger partial charge in [-0.3, -0.25) is 9.48 Å². The van der Waals surface area contributed by atoms with E-state index in [-0.39, 0.29) is 11.4 Å². The predicted octanol–water partition coefficient (Wildman–Crippen LogP) is 2.63. The predicted molar refractivity (Wildman–Crippen MR) is 105 cm³/mol. The minimum atomic E-state index is -0.223. The van der Waals surface area contributed by atoms with Gasteiger partial charge in [0, 0.05) is 18.6 Å². The quantitative estimate of drug-likeness (QED) is 0.756. The number of benzene rings is 2. The van der Waals surface area contributed by atoms with Gasteiger partial charge >= 0.3 is 0 Å². The number of rotatable bonds is 5. The SMILES string of the molecule is CC1(Cc2cccc3ccccc23)CCCN1C(=O)c1cn(CCN)nn1. The Morgan fingerprint density at radius 3 is 2.89 bits per heavy atom. The number of aromatic nitrogens is 3. The molecule has 0 bridgehead atoms. The van der Waals surface area contributed by atoms with E-state index in [2.05, 4.69) is 59.7 Å². The van der Waals surface area contributed by atoms with Crippen molar-refractivity contribution < 1.29 is 4.79 Å². The highest BCUT2D eigenvalue weighted by atomic mass is 16.2. The molecule has 0 aliphatic carbocycles. The molecular formula is C21H25N5O. The van der Waals surface area contributed by atoms with E-state index in [4.69, 9.17) is 5.73 Å². The van der Waals surface area contributed by atoms with Gasteiger partial charge in [-0.2, -0.15) is 0 Å². The number of likely N-dealkylation sites (tertiary alicyclic amines) is 1. The summed E-state index contributed by atoms with van der Waals surface area (Å²) in [5.74, 6) is -0.0430. The Hall–Kier alpha value is -2.73. The molecule has 0 spiro atoms. The molecule has 27 heavy (non-hydrogen) atoms. The number of hydrogen-bond acceptors (Lipinski definition) is 4. The van der Waals surface area contributed by atoms with Crippen LogP contribution in [0.2, 0.25) is 0 Å². The number of fused-ring (bicyclic) bond motifs is 1. The Kier molecular flexibility index (Phi) is 4.66. The van der Waals surface area contributed by atoms with Crippen LogP contribution < -0.4 is 5.73 Å². The summed E-state index contributed by atoms with van der Waals surface area (Å²) in [5, 5.41) is 10.6. The monoisotopic (exact) mass is 363 g/mol. The number of amides is 1. The first-order valence-corrected chi connectivity index (χ1v) is 9.49. The summed E-state index contributed by atoms with van der Waals surface area (Å²) < 4.78 is 1.63. The van der Waals surface area contributed by atoms with Gasteiger partial charge in [-0.05, 0) is 42.5 Å². The summed E-state index contributed by atoms with van der Waals surface area (Å²) >= 11 is 0. The zero-order valence-corrected chi connectivity index (χ0v) is 15.6. The summed E-state index contributed by atoms with van der Waals surface area (Å²) in [6.07, 6.45) is 4.52. The van der Waals surface area contributed by atoms with E-state index >= 15 is 0 Å². The van der Waals surface area contributed by atoms with E-state index in [0.717, 1.165) is 25.8 Å². The van der Waals surface area contributed by atoms with Gasteiger partial charge in [0.2, 0.25) is 0 Å². The molecule has 1 fully saturated rings. The van der Waals surface area contributed by atoms with Crippen molar-refractivity contribution in [2.75, 3.05) is 13.1 Å². The number of carbonyl (C=O) groups is 1. The molecule has 1 aliphatic rings. The molecule has 6 nitrogen and oxygen atoms in total. The van der Waals surface area contributed by atoms with Crippen molar-refractivity contribution in [1.82, 2.24) is 19.9 Å². The van der Waals surface area contributed by atoms with Crippen molar-refractivity contribution in [3.63, 3.8) is 0 Å². The van der Waals surface area contributed by atoms with Gasteiger partial charge in [0.1, 0.15) is 0 Å². The van der Waals surface area contributed by atoms with Crippen LogP contribution in [0.5, 0.6) is 0 Å². The van der Waals surface area contributed by atoms with E-state index in [1.807, 2.05) is 4.90 Å². The van der Waals surface area contributed by atoms with E-state index in [0.29, 0.717) is 18.8 Å². The second-order valence-electron chi connectivity index (χ2n) is 7.53. The van der Waals surface area contributed by atoms with E-state index in [9.17, 15) is 4.79 Å². The van der Waals surface area contributed by atoms with Crippen LogP contribution in [0.3, 0.4) is 0 Å². The van der Waals surface area contributed by atoms with Crippen LogP contribution in [-0.2, 0) is 13.0 Å². The smallest absolute Gasteiger partial charge is 0.276 e. The van der Waals surface area contributed by atoms with Gasteiger partial charge in [-0.1, -0.05) is 47.7 Å². The maximum atomic E-state index is 13.1. The van der Waals surface area contributed by atoms with Crippen molar-refractivity contribution >= 4 is 16.7 Å². The standard InChI is InChI=1S/C21H25N5O/c1-21(14-17-8-4-7-16-6-2-3-9-18(16)17)10-5-12-26(21)20(27)19-15-25(13-11-22)24-23-19/h2-4,6-9,15H,5,10-14,22H2,1H3. The lowest BCUT2D eigenvalue weighted by Gasteiger charge is -2.35. The maximum Gasteiger partial charge on any atom is 0.276 e. The summed E-state index contributed by atoms with van der Waals surface area (Å²) in [5.41, 5.74) is 7.01. The summed E-state index contributed by atoms with van der Waals surface area (Å²) in [7, 11) is 0. The van der Waals surface area contributed by atoms with E-state index in [1.54, 1.807) is 10.9 Å². The average molecular weight is 363 g/mol. The van der Waals surface area contributed by atoms with Crippen molar-refractivity contribution in [2.24, 2.45) is 5.73 Å². The summed E-state index contributed by atoms with van der Waals surface area (Å²) in [6, 6.07) is 14.8. The fourth-order valence-electron chi connectivity index (χ4n) is 4.19. The third-order valence-electron chi connectivity index (χ3n) is 5.56. The lowest BCUT2D eigenvalue weighted by atomic mass is 9.87. The van der Waals surface area contributed by atoms with Crippen LogP contribution in [-0.4, -0.2) is 44.4 Å². The van der Waals surface area contributed by atoms with Crippen LogP contribution in [0.25, 0.3) is 10.8 Å². The zero-order valence-electron chi connectivity index (χ0n) is 15.6. The van der Waals surface area contributed by atoms with E-state index in [1.165, 1.54) is 16.3 Å². The summed E-state index contributed by atoms with van der Waals surface area (Å²) in [6.45, 7) is 3.97. The van der Waals surface area contributed by atoms with Crippen LogP contribution in [0, 0.1) is 0 Å². The Labute approximate surface area is 159 Å².